The number of nitrogens with zero attached hydrogens (tertiary/aromatic N) is 2. The highest BCUT2D eigenvalue weighted by Crippen LogP contribution is 2.08. The number of carbonyl (C=O) groups is 1. The number of hydrogen-bond acceptors (Lipinski definition) is 2. The minimum Gasteiger partial charge on any atom is -0.369 e. The third-order valence-corrected chi connectivity index (χ3v) is 2.08. The molecule has 76 valence electrons. The van der Waals surface area contributed by atoms with Gasteiger partial charge in [0.2, 0.25) is 5.91 Å². The summed E-state index contributed by atoms with van der Waals surface area (Å²) in [6.45, 7) is 0. The van der Waals surface area contributed by atoms with Crippen molar-refractivity contribution in [3.8, 4) is 5.69 Å². The molecule has 0 aliphatic carbocycles. The molecule has 2 N–H and O–H groups in total. The molecule has 1 amide bonds. The Kier molecular flexibility index (Phi) is 2.49. The van der Waals surface area contributed by atoms with E-state index in [0.29, 0.717) is 0 Å². The van der Waals surface area contributed by atoms with Crippen LogP contribution in [0.25, 0.3) is 5.69 Å². The number of amides is 1. The molecule has 1 aromatic heterocycles. The van der Waals surface area contributed by atoms with E-state index in [0.717, 1.165) is 11.3 Å². The van der Waals surface area contributed by atoms with E-state index in [4.69, 9.17) is 5.73 Å². The van der Waals surface area contributed by atoms with Crippen LogP contribution in [-0.4, -0.2) is 15.7 Å². The number of carbonyl (C=O) groups excluding carboxylic acids is 1. The lowest BCUT2D eigenvalue weighted by molar-refractivity contribution is -0.117. The Morgan fingerprint density at radius 3 is 2.60 bits per heavy atom. The van der Waals surface area contributed by atoms with E-state index in [1.54, 1.807) is 10.9 Å². The van der Waals surface area contributed by atoms with Crippen molar-refractivity contribution < 1.29 is 4.79 Å². The molecule has 0 aliphatic rings. The molecule has 4 nitrogen and oxygen atoms in total. The minimum atomic E-state index is -0.318. The quantitative estimate of drug-likeness (QED) is 0.802. The molecule has 2 aromatic rings. The van der Waals surface area contributed by atoms with E-state index in [1.165, 1.54) is 0 Å². The molecule has 0 fully saturated rings. The highest BCUT2D eigenvalue weighted by Gasteiger charge is 1.99. The Bertz CT molecular complexity index is 445. The molecule has 4 heteroatoms. The molecule has 0 unspecified atom stereocenters. The van der Waals surface area contributed by atoms with E-state index >= 15 is 0 Å². The van der Waals surface area contributed by atoms with Crippen molar-refractivity contribution in [1.82, 2.24) is 9.78 Å². The predicted molar refractivity (Wildman–Crippen MR) is 56.5 cm³/mol. The van der Waals surface area contributed by atoms with Crippen LogP contribution in [0.15, 0.2) is 42.7 Å². The second-order valence-electron chi connectivity index (χ2n) is 3.26. The van der Waals surface area contributed by atoms with Crippen LogP contribution in [-0.2, 0) is 11.2 Å². The van der Waals surface area contributed by atoms with Gasteiger partial charge in [0.05, 0.1) is 12.1 Å². The monoisotopic (exact) mass is 201 g/mol. The number of rotatable bonds is 3. The zero-order valence-electron chi connectivity index (χ0n) is 8.13. The largest absolute Gasteiger partial charge is 0.369 e. The smallest absolute Gasteiger partial charge is 0.221 e. The van der Waals surface area contributed by atoms with Crippen molar-refractivity contribution in [2.75, 3.05) is 0 Å². The fourth-order valence-electron chi connectivity index (χ4n) is 1.39. The van der Waals surface area contributed by atoms with E-state index in [2.05, 4.69) is 5.10 Å². The van der Waals surface area contributed by atoms with Gasteiger partial charge in [-0.2, -0.15) is 5.10 Å². The minimum absolute atomic E-state index is 0.277. The van der Waals surface area contributed by atoms with Gasteiger partial charge in [-0.15, -0.1) is 0 Å². The Labute approximate surface area is 87.3 Å². The van der Waals surface area contributed by atoms with Gasteiger partial charge in [0, 0.05) is 12.4 Å². The lowest BCUT2D eigenvalue weighted by atomic mass is 10.1. The molecule has 0 bridgehead atoms. The van der Waals surface area contributed by atoms with Crippen LogP contribution in [0, 0.1) is 0 Å². The summed E-state index contributed by atoms with van der Waals surface area (Å²) in [5.74, 6) is -0.318. The summed E-state index contributed by atoms with van der Waals surface area (Å²) >= 11 is 0. The Hall–Kier alpha value is -2.10. The summed E-state index contributed by atoms with van der Waals surface area (Å²) in [7, 11) is 0. The summed E-state index contributed by atoms with van der Waals surface area (Å²) in [6, 6.07) is 9.43. The molecule has 0 saturated carbocycles. The first-order valence-corrected chi connectivity index (χ1v) is 4.63. The van der Waals surface area contributed by atoms with Crippen LogP contribution in [0.5, 0.6) is 0 Å². The van der Waals surface area contributed by atoms with Gasteiger partial charge in [0.25, 0.3) is 0 Å². The molecule has 0 aliphatic heterocycles. The number of primary amides is 1. The zero-order valence-corrected chi connectivity index (χ0v) is 8.13. The van der Waals surface area contributed by atoms with Crippen LogP contribution in [0.2, 0.25) is 0 Å². The van der Waals surface area contributed by atoms with E-state index in [1.807, 2.05) is 36.5 Å². The topological polar surface area (TPSA) is 60.9 Å². The van der Waals surface area contributed by atoms with Gasteiger partial charge >= 0.3 is 0 Å². The second kappa shape index (κ2) is 3.96. The third-order valence-electron chi connectivity index (χ3n) is 2.08. The zero-order chi connectivity index (χ0) is 10.7. The maximum atomic E-state index is 10.7. The van der Waals surface area contributed by atoms with Gasteiger partial charge in [-0.25, -0.2) is 4.68 Å². The van der Waals surface area contributed by atoms with Crippen LogP contribution >= 0.6 is 0 Å². The molecule has 0 radical (unpaired) electrons. The van der Waals surface area contributed by atoms with E-state index in [-0.39, 0.29) is 12.3 Å². The summed E-state index contributed by atoms with van der Waals surface area (Å²) < 4.78 is 1.76. The molecule has 1 heterocycles. The molecule has 15 heavy (non-hydrogen) atoms. The van der Waals surface area contributed by atoms with Crippen molar-refractivity contribution in [3.63, 3.8) is 0 Å². The highest BCUT2D eigenvalue weighted by molar-refractivity contribution is 5.76. The molecule has 0 spiro atoms. The lowest BCUT2D eigenvalue weighted by Gasteiger charge is -2.02. The predicted octanol–water partition coefficient (Wildman–Crippen LogP) is 0.900. The van der Waals surface area contributed by atoms with Crippen LogP contribution in [0.1, 0.15) is 5.56 Å². The highest BCUT2D eigenvalue weighted by atomic mass is 16.1. The number of benzene rings is 1. The Morgan fingerprint density at radius 2 is 2.07 bits per heavy atom. The molecule has 0 atom stereocenters. The molecular formula is C11H11N3O. The Morgan fingerprint density at radius 1 is 1.33 bits per heavy atom. The van der Waals surface area contributed by atoms with E-state index in [9.17, 15) is 4.79 Å². The van der Waals surface area contributed by atoms with Crippen molar-refractivity contribution in [2.45, 2.75) is 6.42 Å². The summed E-state index contributed by atoms with van der Waals surface area (Å²) in [5, 5.41) is 4.10. The first-order chi connectivity index (χ1) is 7.25. The van der Waals surface area contributed by atoms with Crippen LogP contribution in [0.4, 0.5) is 0 Å². The van der Waals surface area contributed by atoms with Crippen molar-refractivity contribution in [2.24, 2.45) is 5.73 Å². The van der Waals surface area contributed by atoms with Gasteiger partial charge in [0.1, 0.15) is 0 Å². The Balaban J connectivity index is 2.21. The average molecular weight is 201 g/mol. The normalized spacial score (nSPS) is 10.1. The van der Waals surface area contributed by atoms with Gasteiger partial charge in [-0.3, -0.25) is 4.79 Å². The van der Waals surface area contributed by atoms with Gasteiger partial charge < -0.3 is 5.73 Å². The standard InChI is InChI=1S/C11H11N3O/c12-11(15)8-9-2-4-10(5-3-9)14-7-1-6-13-14/h1-7H,8H2,(H2,12,15). The van der Waals surface area contributed by atoms with Crippen molar-refractivity contribution in [1.29, 1.82) is 0 Å². The maximum absolute atomic E-state index is 10.7. The van der Waals surface area contributed by atoms with Crippen LogP contribution in [0.3, 0.4) is 0 Å². The summed E-state index contributed by atoms with van der Waals surface area (Å²) in [4.78, 5) is 10.7. The number of aromatic nitrogens is 2. The molecular weight excluding hydrogens is 190 g/mol. The first-order valence-electron chi connectivity index (χ1n) is 4.63. The fourth-order valence-corrected chi connectivity index (χ4v) is 1.39. The molecule has 0 saturated heterocycles. The van der Waals surface area contributed by atoms with Gasteiger partial charge in [0.15, 0.2) is 0 Å². The number of nitrogens with two attached hydrogens (primary N) is 1. The lowest BCUT2D eigenvalue weighted by Crippen LogP contribution is -2.13. The summed E-state index contributed by atoms with van der Waals surface area (Å²) in [6.07, 6.45) is 3.86. The number of hydrogen-bond donors (Lipinski definition) is 1. The SMILES string of the molecule is NC(=O)Cc1ccc(-n2cccn2)cc1. The molecule has 1 aromatic carbocycles. The fraction of sp³-hybridized carbons (Fsp3) is 0.0909. The van der Waals surface area contributed by atoms with Crippen molar-refractivity contribution >= 4 is 5.91 Å². The summed E-state index contributed by atoms with van der Waals surface area (Å²) in [5.41, 5.74) is 6.98. The maximum Gasteiger partial charge on any atom is 0.221 e. The van der Waals surface area contributed by atoms with Crippen LogP contribution < -0.4 is 5.73 Å². The first kappa shape index (κ1) is 9.45. The third kappa shape index (κ3) is 2.22. The molecule has 2 rings (SSSR count). The average Bonchev–Trinajstić information content (AvgIpc) is 2.71. The van der Waals surface area contributed by atoms with Gasteiger partial charge in [-0.05, 0) is 23.8 Å². The van der Waals surface area contributed by atoms with E-state index < -0.39 is 0 Å². The van der Waals surface area contributed by atoms with Gasteiger partial charge in [-0.1, -0.05) is 12.1 Å². The second-order valence-corrected chi connectivity index (χ2v) is 3.26. The van der Waals surface area contributed by atoms with Crippen molar-refractivity contribution in [3.05, 3.63) is 48.3 Å².